The molecule has 134 valence electrons. The van der Waals surface area contributed by atoms with Crippen molar-refractivity contribution in [2.45, 2.75) is 12.5 Å². The fourth-order valence-corrected chi connectivity index (χ4v) is 7.77. The van der Waals surface area contributed by atoms with E-state index < -0.39 is 7.26 Å². The van der Waals surface area contributed by atoms with E-state index in [1.54, 1.807) is 14.2 Å². The zero-order chi connectivity index (χ0) is 18.2. The topological polar surface area (TPSA) is 18.5 Å². The van der Waals surface area contributed by atoms with Crippen LogP contribution in [0.25, 0.3) is 0 Å². The molecule has 0 aliphatic heterocycles. The Morgan fingerprint density at radius 2 is 1.08 bits per heavy atom. The van der Waals surface area contributed by atoms with Crippen LogP contribution in [0.4, 0.5) is 0 Å². The molecule has 26 heavy (non-hydrogen) atoms. The van der Waals surface area contributed by atoms with Crippen molar-refractivity contribution in [2.24, 2.45) is 0 Å². The minimum atomic E-state index is -1.76. The van der Waals surface area contributed by atoms with Crippen LogP contribution in [0.3, 0.4) is 0 Å². The van der Waals surface area contributed by atoms with E-state index in [2.05, 4.69) is 91.0 Å². The summed E-state index contributed by atoms with van der Waals surface area (Å²) in [5.74, 6) is 0. The van der Waals surface area contributed by atoms with Crippen LogP contribution in [-0.2, 0) is 15.6 Å². The molecule has 3 aromatic rings. The van der Waals surface area contributed by atoms with Crippen molar-refractivity contribution in [2.75, 3.05) is 20.4 Å². The predicted molar refractivity (Wildman–Crippen MR) is 112 cm³/mol. The lowest BCUT2D eigenvalue weighted by Gasteiger charge is -2.30. The molecule has 0 aliphatic rings. The fourth-order valence-electron chi connectivity index (χ4n) is 3.43. The second kappa shape index (κ2) is 9.09. The SMILES string of the molecule is COC(C[P+](Cc1ccccc1)(c1ccccc1)c1ccccc1)OC. The van der Waals surface area contributed by atoms with Crippen molar-refractivity contribution in [3.63, 3.8) is 0 Å². The molecular weight excluding hydrogens is 339 g/mol. The predicted octanol–water partition coefficient (Wildman–Crippen LogP) is 4.47. The minimum Gasteiger partial charge on any atom is -0.352 e. The molecule has 0 fully saturated rings. The third-order valence-electron chi connectivity index (χ3n) is 4.78. The lowest BCUT2D eigenvalue weighted by atomic mass is 10.2. The second-order valence-electron chi connectivity index (χ2n) is 6.37. The molecule has 0 radical (unpaired) electrons. The van der Waals surface area contributed by atoms with E-state index in [4.69, 9.17) is 9.47 Å². The zero-order valence-electron chi connectivity index (χ0n) is 15.4. The van der Waals surface area contributed by atoms with Gasteiger partial charge in [0.25, 0.3) is 0 Å². The summed E-state index contributed by atoms with van der Waals surface area (Å²) in [4.78, 5) is 0. The lowest BCUT2D eigenvalue weighted by molar-refractivity contribution is -0.0850. The highest BCUT2D eigenvalue weighted by atomic mass is 31.2. The monoisotopic (exact) mass is 365 g/mol. The maximum atomic E-state index is 5.64. The highest BCUT2D eigenvalue weighted by molar-refractivity contribution is 7.88. The fraction of sp³-hybridized carbons (Fsp3) is 0.217. The molecule has 0 amide bonds. The number of rotatable bonds is 8. The van der Waals surface area contributed by atoms with E-state index in [9.17, 15) is 0 Å². The minimum absolute atomic E-state index is 0.229. The third-order valence-corrected chi connectivity index (χ3v) is 9.18. The summed E-state index contributed by atoms with van der Waals surface area (Å²) in [6.07, 6.45) is 1.61. The van der Waals surface area contributed by atoms with Crippen molar-refractivity contribution in [1.82, 2.24) is 0 Å². The largest absolute Gasteiger partial charge is 0.352 e. The Kier molecular flexibility index (Phi) is 6.57. The van der Waals surface area contributed by atoms with E-state index in [0.717, 1.165) is 12.3 Å². The van der Waals surface area contributed by atoms with Crippen molar-refractivity contribution in [3.8, 4) is 0 Å². The van der Waals surface area contributed by atoms with Crippen LogP contribution in [0.15, 0.2) is 91.0 Å². The summed E-state index contributed by atoms with van der Waals surface area (Å²) in [5.41, 5.74) is 1.35. The Balaban J connectivity index is 2.16. The molecule has 0 N–H and O–H groups in total. The smallest absolute Gasteiger partial charge is 0.191 e. The maximum Gasteiger partial charge on any atom is 0.191 e. The van der Waals surface area contributed by atoms with E-state index in [0.29, 0.717) is 0 Å². The Labute approximate surface area is 157 Å². The number of hydrogen-bond donors (Lipinski definition) is 0. The first-order chi connectivity index (χ1) is 12.8. The molecule has 0 spiro atoms. The number of benzene rings is 3. The van der Waals surface area contributed by atoms with Gasteiger partial charge in [-0.3, -0.25) is 0 Å². The molecule has 0 saturated heterocycles. The Bertz CT molecular complexity index is 732. The highest BCUT2D eigenvalue weighted by Crippen LogP contribution is 2.59. The van der Waals surface area contributed by atoms with Crippen molar-refractivity contribution in [1.29, 1.82) is 0 Å². The first-order valence-electron chi connectivity index (χ1n) is 8.86. The molecule has 0 saturated carbocycles. The molecule has 2 nitrogen and oxygen atoms in total. The molecule has 3 rings (SSSR count). The summed E-state index contributed by atoms with van der Waals surface area (Å²) in [6.45, 7) is 0. The van der Waals surface area contributed by atoms with Crippen molar-refractivity contribution in [3.05, 3.63) is 96.6 Å². The first kappa shape index (κ1) is 18.8. The summed E-state index contributed by atoms with van der Waals surface area (Å²) in [5, 5.41) is 2.77. The van der Waals surface area contributed by atoms with Gasteiger partial charge in [-0.05, 0) is 29.8 Å². The van der Waals surface area contributed by atoms with Crippen LogP contribution in [0.5, 0.6) is 0 Å². The molecule has 0 atom stereocenters. The van der Waals surface area contributed by atoms with Gasteiger partial charge >= 0.3 is 0 Å². The second-order valence-corrected chi connectivity index (χ2v) is 10.0. The summed E-state index contributed by atoms with van der Waals surface area (Å²) in [6, 6.07) is 32.4. The molecule has 0 heterocycles. The standard InChI is InChI=1S/C23H26O2P/c1-24-23(25-2)19-26(21-14-8-4-9-15-21,22-16-10-5-11-17-22)18-20-12-6-3-7-13-20/h3-17,23H,18-19H2,1-2H3/q+1. The quantitative estimate of drug-likeness (QED) is 0.433. The van der Waals surface area contributed by atoms with Crippen molar-refractivity contribution < 1.29 is 9.47 Å². The Morgan fingerprint density at radius 3 is 1.50 bits per heavy atom. The summed E-state index contributed by atoms with van der Waals surface area (Å²) < 4.78 is 11.3. The third kappa shape index (κ3) is 4.22. The van der Waals surface area contributed by atoms with Crippen molar-refractivity contribution >= 4 is 17.9 Å². The molecule has 0 bridgehead atoms. The van der Waals surface area contributed by atoms with E-state index in [-0.39, 0.29) is 6.29 Å². The van der Waals surface area contributed by atoms with Crippen LogP contribution in [0, 0.1) is 0 Å². The molecule has 0 aromatic heterocycles. The van der Waals surface area contributed by atoms with Gasteiger partial charge in [0, 0.05) is 14.2 Å². The molecule has 3 heteroatoms. The maximum absolute atomic E-state index is 5.64. The van der Waals surface area contributed by atoms with E-state index in [1.165, 1.54) is 16.2 Å². The van der Waals surface area contributed by atoms with Crippen LogP contribution < -0.4 is 10.6 Å². The van der Waals surface area contributed by atoms with Gasteiger partial charge in [0.1, 0.15) is 6.16 Å². The summed E-state index contributed by atoms with van der Waals surface area (Å²) >= 11 is 0. The van der Waals surface area contributed by atoms with Gasteiger partial charge in [0.2, 0.25) is 0 Å². The van der Waals surface area contributed by atoms with Crippen LogP contribution in [0.2, 0.25) is 0 Å². The molecular formula is C23H26O2P+. The van der Waals surface area contributed by atoms with E-state index >= 15 is 0 Å². The van der Waals surface area contributed by atoms with Gasteiger partial charge < -0.3 is 9.47 Å². The Hall–Kier alpha value is -1.99. The normalized spacial score (nSPS) is 11.7. The average Bonchev–Trinajstić information content (AvgIpc) is 2.73. The lowest BCUT2D eigenvalue weighted by Crippen LogP contribution is -2.33. The molecule has 3 aromatic carbocycles. The van der Waals surface area contributed by atoms with Crippen LogP contribution in [0.1, 0.15) is 5.56 Å². The highest BCUT2D eigenvalue weighted by Gasteiger charge is 2.45. The van der Waals surface area contributed by atoms with Gasteiger partial charge in [0.15, 0.2) is 6.29 Å². The molecule has 0 unspecified atom stereocenters. The van der Waals surface area contributed by atoms with E-state index in [1.807, 2.05) is 0 Å². The van der Waals surface area contributed by atoms with Gasteiger partial charge in [-0.15, -0.1) is 0 Å². The Morgan fingerprint density at radius 1 is 0.654 bits per heavy atom. The zero-order valence-corrected chi connectivity index (χ0v) is 16.3. The number of methoxy groups -OCH3 is 2. The van der Waals surface area contributed by atoms with Gasteiger partial charge in [0.05, 0.1) is 24.0 Å². The van der Waals surface area contributed by atoms with Gasteiger partial charge in [-0.25, -0.2) is 0 Å². The van der Waals surface area contributed by atoms with Gasteiger partial charge in [-0.2, -0.15) is 0 Å². The number of hydrogen-bond acceptors (Lipinski definition) is 2. The molecule has 0 aliphatic carbocycles. The summed E-state index contributed by atoms with van der Waals surface area (Å²) in [7, 11) is 1.69. The average molecular weight is 365 g/mol. The van der Waals surface area contributed by atoms with Crippen LogP contribution >= 0.6 is 7.26 Å². The first-order valence-corrected chi connectivity index (χ1v) is 11.0. The van der Waals surface area contributed by atoms with Gasteiger partial charge in [-0.1, -0.05) is 66.7 Å². The van der Waals surface area contributed by atoms with Crippen LogP contribution in [-0.4, -0.2) is 26.7 Å². The number of ether oxygens (including phenoxy) is 2.